The molecule has 0 spiro atoms. The van der Waals surface area contributed by atoms with Crippen LogP contribution in [0.4, 0.5) is 4.39 Å². The zero-order valence-corrected chi connectivity index (χ0v) is 19.0. The average molecular weight is 474 g/mol. The number of hydrogen-bond donors (Lipinski definition) is 2. The number of primary sulfonamides is 1. The number of aromatic nitrogens is 1. The van der Waals surface area contributed by atoms with Crippen LogP contribution in [0.25, 0.3) is 5.69 Å². The number of sulfonamides is 1. The molecule has 0 unspecified atom stereocenters. The molecular weight excluding hydrogens is 449 g/mol. The van der Waals surface area contributed by atoms with Crippen LogP contribution >= 0.6 is 0 Å². The fourth-order valence-corrected chi connectivity index (χ4v) is 3.92. The summed E-state index contributed by atoms with van der Waals surface area (Å²) in [5, 5.41) is 7.70. The third-order valence-electron chi connectivity index (χ3n) is 5.06. The minimum atomic E-state index is -3.75. The van der Waals surface area contributed by atoms with Crippen molar-refractivity contribution >= 4 is 21.9 Å². The Morgan fingerprint density at radius 1 is 1.06 bits per heavy atom. The highest BCUT2D eigenvalue weighted by atomic mass is 32.2. The maximum absolute atomic E-state index is 13.2. The molecule has 0 atom stereocenters. The molecule has 3 N–H and O–H groups in total. The highest BCUT2D eigenvalue weighted by molar-refractivity contribution is 7.89. The van der Waals surface area contributed by atoms with Crippen LogP contribution in [0.15, 0.2) is 59.5 Å². The van der Waals surface area contributed by atoms with Gasteiger partial charge < -0.3 is 14.6 Å². The lowest BCUT2D eigenvalue weighted by atomic mass is 10.1. The van der Waals surface area contributed by atoms with E-state index in [-0.39, 0.29) is 17.3 Å². The molecule has 0 saturated carbocycles. The molecule has 3 aromatic rings. The topological polar surface area (TPSA) is 120 Å². The van der Waals surface area contributed by atoms with Crippen molar-refractivity contribution in [1.29, 1.82) is 0 Å². The SMILES string of the molecule is Cc1cc(C(=O)OCC(=O)NCCc2ccc(S(N)(=O)=O)cc2)c(C)n1-c1ccc(F)cc1. The molecule has 0 aliphatic rings. The zero-order valence-electron chi connectivity index (χ0n) is 18.2. The van der Waals surface area contributed by atoms with Gasteiger partial charge >= 0.3 is 5.97 Å². The number of benzene rings is 2. The summed E-state index contributed by atoms with van der Waals surface area (Å²) in [4.78, 5) is 24.5. The van der Waals surface area contributed by atoms with Crippen molar-refractivity contribution in [3.8, 4) is 5.69 Å². The van der Waals surface area contributed by atoms with E-state index in [2.05, 4.69) is 5.32 Å². The summed E-state index contributed by atoms with van der Waals surface area (Å²) in [5.41, 5.74) is 3.23. The first-order valence-corrected chi connectivity index (χ1v) is 11.6. The van der Waals surface area contributed by atoms with Gasteiger partial charge in [0.15, 0.2) is 6.61 Å². The van der Waals surface area contributed by atoms with E-state index in [0.717, 1.165) is 11.3 Å². The molecule has 1 aromatic heterocycles. The molecule has 10 heteroatoms. The van der Waals surface area contributed by atoms with Gasteiger partial charge in [0.05, 0.1) is 10.5 Å². The number of nitrogens with zero attached hydrogens (tertiary/aromatic N) is 1. The van der Waals surface area contributed by atoms with Gasteiger partial charge in [-0.1, -0.05) is 12.1 Å². The number of halogens is 1. The van der Waals surface area contributed by atoms with Crippen LogP contribution in [0.2, 0.25) is 0 Å². The van der Waals surface area contributed by atoms with Gasteiger partial charge in [0.1, 0.15) is 5.82 Å². The number of ether oxygens (including phenoxy) is 1. The molecule has 0 aliphatic carbocycles. The molecule has 0 aliphatic heterocycles. The monoisotopic (exact) mass is 473 g/mol. The van der Waals surface area contributed by atoms with Crippen molar-refractivity contribution in [2.24, 2.45) is 5.14 Å². The lowest BCUT2D eigenvalue weighted by molar-refractivity contribution is -0.124. The summed E-state index contributed by atoms with van der Waals surface area (Å²) in [6.07, 6.45) is 0.462. The minimum Gasteiger partial charge on any atom is -0.452 e. The smallest absolute Gasteiger partial charge is 0.340 e. The Morgan fingerprint density at radius 2 is 1.70 bits per heavy atom. The van der Waals surface area contributed by atoms with Gasteiger partial charge in [-0.05, 0) is 68.3 Å². The largest absolute Gasteiger partial charge is 0.452 e. The van der Waals surface area contributed by atoms with Crippen molar-refractivity contribution in [3.63, 3.8) is 0 Å². The number of carbonyl (C=O) groups excluding carboxylic acids is 2. The van der Waals surface area contributed by atoms with Gasteiger partial charge in [-0.25, -0.2) is 22.7 Å². The molecule has 1 amide bonds. The van der Waals surface area contributed by atoms with E-state index < -0.39 is 28.5 Å². The Balaban J connectivity index is 1.52. The first kappa shape index (κ1) is 24.1. The number of rotatable bonds is 8. The van der Waals surface area contributed by atoms with Crippen LogP contribution in [-0.4, -0.2) is 38.0 Å². The van der Waals surface area contributed by atoms with Crippen LogP contribution in [0.5, 0.6) is 0 Å². The molecule has 0 fully saturated rings. The maximum Gasteiger partial charge on any atom is 0.340 e. The molecule has 0 radical (unpaired) electrons. The first-order chi connectivity index (χ1) is 15.6. The second kappa shape index (κ2) is 9.97. The Morgan fingerprint density at radius 3 is 2.30 bits per heavy atom. The summed E-state index contributed by atoms with van der Waals surface area (Å²) in [6.45, 7) is 3.40. The number of carbonyl (C=O) groups is 2. The molecule has 2 aromatic carbocycles. The van der Waals surface area contributed by atoms with E-state index in [1.165, 1.54) is 24.3 Å². The Kier molecular flexibility index (Phi) is 7.29. The van der Waals surface area contributed by atoms with Crippen LogP contribution in [0.1, 0.15) is 27.3 Å². The fourth-order valence-electron chi connectivity index (χ4n) is 3.41. The molecule has 1 heterocycles. The molecule has 174 valence electrons. The van der Waals surface area contributed by atoms with Crippen molar-refractivity contribution < 1.29 is 27.1 Å². The number of hydrogen-bond acceptors (Lipinski definition) is 5. The molecule has 33 heavy (non-hydrogen) atoms. The van der Waals surface area contributed by atoms with Crippen LogP contribution in [0, 0.1) is 19.7 Å². The predicted octanol–water partition coefficient (Wildman–Crippen LogP) is 2.40. The summed E-state index contributed by atoms with van der Waals surface area (Å²) in [5.74, 6) is -1.45. The highest BCUT2D eigenvalue weighted by Gasteiger charge is 2.19. The van der Waals surface area contributed by atoms with Gasteiger partial charge in [0.25, 0.3) is 5.91 Å². The number of amides is 1. The molecule has 8 nitrogen and oxygen atoms in total. The second-order valence-electron chi connectivity index (χ2n) is 7.46. The summed E-state index contributed by atoms with van der Waals surface area (Å²) >= 11 is 0. The molecular formula is C23H24FN3O5S. The van der Waals surface area contributed by atoms with E-state index in [9.17, 15) is 22.4 Å². The van der Waals surface area contributed by atoms with Gasteiger partial charge in [-0.3, -0.25) is 4.79 Å². The predicted molar refractivity (Wildman–Crippen MR) is 120 cm³/mol. The van der Waals surface area contributed by atoms with Crippen molar-refractivity contribution in [3.05, 3.63) is 82.9 Å². The van der Waals surface area contributed by atoms with Crippen molar-refractivity contribution in [2.45, 2.75) is 25.2 Å². The third-order valence-corrected chi connectivity index (χ3v) is 5.99. The average Bonchev–Trinajstić information content (AvgIpc) is 3.06. The van der Waals surface area contributed by atoms with Crippen molar-refractivity contribution in [2.75, 3.05) is 13.2 Å². The summed E-state index contributed by atoms with van der Waals surface area (Å²) in [7, 11) is -3.75. The van der Waals surface area contributed by atoms with Gasteiger partial charge in [0.2, 0.25) is 10.0 Å². The normalized spacial score (nSPS) is 11.3. The van der Waals surface area contributed by atoms with E-state index in [1.54, 1.807) is 41.8 Å². The summed E-state index contributed by atoms with van der Waals surface area (Å²) < 4.78 is 42.7. The highest BCUT2D eigenvalue weighted by Crippen LogP contribution is 2.21. The zero-order chi connectivity index (χ0) is 24.2. The first-order valence-electron chi connectivity index (χ1n) is 10.1. The molecule has 0 saturated heterocycles. The van der Waals surface area contributed by atoms with E-state index in [1.807, 2.05) is 6.92 Å². The fraction of sp³-hybridized carbons (Fsp3) is 0.217. The van der Waals surface area contributed by atoms with E-state index in [0.29, 0.717) is 23.4 Å². The lowest BCUT2D eigenvalue weighted by Gasteiger charge is -2.10. The van der Waals surface area contributed by atoms with Crippen molar-refractivity contribution in [1.82, 2.24) is 9.88 Å². The lowest BCUT2D eigenvalue weighted by Crippen LogP contribution is -2.30. The quantitative estimate of drug-likeness (QED) is 0.487. The Bertz CT molecular complexity index is 1270. The number of nitrogens with one attached hydrogen (secondary N) is 1. The van der Waals surface area contributed by atoms with Crippen LogP contribution in [-0.2, 0) is 26.0 Å². The van der Waals surface area contributed by atoms with Gasteiger partial charge in [-0.15, -0.1) is 0 Å². The maximum atomic E-state index is 13.2. The third kappa shape index (κ3) is 6.05. The number of esters is 1. The Hall–Kier alpha value is -3.50. The standard InChI is InChI=1S/C23H24FN3O5S/c1-15-13-21(16(2)27(15)19-7-5-18(24)6-8-19)23(29)32-14-22(28)26-12-11-17-3-9-20(10-4-17)33(25,30)31/h3-10,13H,11-12,14H2,1-2H3,(H,26,28)(H2,25,30,31). The summed E-state index contributed by atoms with van der Waals surface area (Å²) in [6, 6.07) is 13.6. The van der Waals surface area contributed by atoms with Crippen LogP contribution < -0.4 is 10.5 Å². The number of aryl methyl sites for hydroxylation is 1. The molecule has 3 rings (SSSR count). The van der Waals surface area contributed by atoms with Gasteiger partial charge in [0, 0.05) is 23.6 Å². The van der Waals surface area contributed by atoms with Gasteiger partial charge in [-0.2, -0.15) is 0 Å². The van der Waals surface area contributed by atoms with E-state index in [4.69, 9.17) is 9.88 Å². The van der Waals surface area contributed by atoms with E-state index >= 15 is 0 Å². The second-order valence-corrected chi connectivity index (χ2v) is 9.02. The Labute approximate surface area is 191 Å². The molecule has 0 bridgehead atoms. The minimum absolute atomic E-state index is 0.0148. The number of nitrogens with two attached hydrogens (primary N) is 1. The van der Waals surface area contributed by atoms with Crippen LogP contribution in [0.3, 0.4) is 0 Å².